The van der Waals surface area contributed by atoms with Gasteiger partial charge in [0, 0.05) is 36.3 Å². The fraction of sp³-hybridized carbons (Fsp3) is 0.348. The molecule has 2 aromatic carbocycles. The van der Waals surface area contributed by atoms with E-state index in [0.29, 0.717) is 42.1 Å². The summed E-state index contributed by atoms with van der Waals surface area (Å²) in [4.78, 5) is 17.3. The van der Waals surface area contributed by atoms with Crippen molar-refractivity contribution in [2.24, 2.45) is 0 Å². The van der Waals surface area contributed by atoms with Gasteiger partial charge in [0.15, 0.2) is 5.82 Å². The topological polar surface area (TPSA) is 98.5 Å². The van der Waals surface area contributed by atoms with Gasteiger partial charge in [-0.25, -0.2) is 4.79 Å². The van der Waals surface area contributed by atoms with E-state index in [-0.39, 0.29) is 11.9 Å². The molecule has 1 atom stereocenters. The largest absolute Gasteiger partial charge is 0.497 e. The molecule has 1 aliphatic heterocycles. The molecule has 9 heteroatoms. The third kappa shape index (κ3) is 5.77. The van der Waals surface area contributed by atoms with Crippen molar-refractivity contribution >= 4 is 23.3 Å². The molecule has 32 heavy (non-hydrogen) atoms. The Morgan fingerprint density at radius 1 is 1.16 bits per heavy atom. The Bertz CT molecular complexity index is 1020. The zero-order valence-corrected chi connectivity index (χ0v) is 18.5. The van der Waals surface area contributed by atoms with Gasteiger partial charge in [-0.3, -0.25) is 0 Å². The number of halogens is 1. The van der Waals surface area contributed by atoms with Crippen LogP contribution in [0.15, 0.2) is 53.1 Å². The number of anilines is 1. The van der Waals surface area contributed by atoms with Crippen LogP contribution in [0.1, 0.15) is 42.1 Å². The van der Waals surface area contributed by atoms with Gasteiger partial charge in [-0.2, -0.15) is 4.98 Å². The van der Waals surface area contributed by atoms with Crippen LogP contribution in [0.3, 0.4) is 0 Å². The minimum Gasteiger partial charge on any atom is -0.497 e. The first-order valence-corrected chi connectivity index (χ1v) is 10.9. The van der Waals surface area contributed by atoms with Crippen molar-refractivity contribution in [1.29, 1.82) is 0 Å². The SMILES string of the molecule is COc1ccc(CC(NC(=O)Nc2ccc(Cl)cc2)c2noc(C3CCOCC3)n2)cc1. The number of nitrogens with one attached hydrogen (secondary N) is 2. The molecule has 0 bridgehead atoms. The smallest absolute Gasteiger partial charge is 0.319 e. The predicted molar refractivity (Wildman–Crippen MR) is 120 cm³/mol. The van der Waals surface area contributed by atoms with Crippen LogP contribution in [-0.4, -0.2) is 36.5 Å². The highest BCUT2D eigenvalue weighted by molar-refractivity contribution is 6.30. The minimum absolute atomic E-state index is 0.175. The molecule has 0 saturated carbocycles. The average Bonchev–Trinajstić information content (AvgIpc) is 3.32. The summed E-state index contributed by atoms with van der Waals surface area (Å²) in [6.45, 7) is 1.36. The molecule has 4 rings (SSSR count). The fourth-order valence-corrected chi connectivity index (χ4v) is 3.69. The monoisotopic (exact) mass is 456 g/mol. The summed E-state index contributed by atoms with van der Waals surface area (Å²) in [6.07, 6.45) is 2.18. The average molecular weight is 457 g/mol. The highest BCUT2D eigenvalue weighted by atomic mass is 35.5. The Balaban J connectivity index is 1.50. The lowest BCUT2D eigenvalue weighted by molar-refractivity contribution is 0.0778. The highest BCUT2D eigenvalue weighted by Crippen LogP contribution is 2.27. The Labute approximate surface area is 191 Å². The summed E-state index contributed by atoms with van der Waals surface area (Å²) in [5.74, 6) is 1.96. The molecule has 2 amide bonds. The van der Waals surface area contributed by atoms with Crippen molar-refractivity contribution in [1.82, 2.24) is 15.5 Å². The van der Waals surface area contributed by atoms with Crippen molar-refractivity contribution < 1.29 is 18.8 Å². The normalized spacial score (nSPS) is 15.2. The number of hydrogen-bond acceptors (Lipinski definition) is 6. The number of benzene rings is 2. The molecule has 0 radical (unpaired) electrons. The molecule has 0 aliphatic carbocycles. The van der Waals surface area contributed by atoms with Crippen LogP contribution in [0.4, 0.5) is 10.5 Å². The molecular weight excluding hydrogens is 432 g/mol. The van der Waals surface area contributed by atoms with E-state index in [4.69, 9.17) is 25.6 Å². The maximum absolute atomic E-state index is 12.7. The van der Waals surface area contributed by atoms with Crippen molar-refractivity contribution in [3.63, 3.8) is 0 Å². The van der Waals surface area contributed by atoms with Crippen LogP contribution < -0.4 is 15.4 Å². The van der Waals surface area contributed by atoms with Gasteiger partial charge in [0.2, 0.25) is 5.89 Å². The standard InChI is InChI=1S/C23H25ClN4O4/c1-30-19-8-2-15(3-9-19)14-20(26-23(29)25-18-6-4-17(24)5-7-18)21-27-22(32-28-21)16-10-12-31-13-11-16/h2-9,16,20H,10-14H2,1H3,(H2,25,26,29). The number of carbonyl (C=O) groups is 1. The van der Waals surface area contributed by atoms with Crippen LogP contribution in [0.5, 0.6) is 5.75 Å². The van der Waals surface area contributed by atoms with Gasteiger partial charge in [-0.05, 0) is 54.8 Å². The highest BCUT2D eigenvalue weighted by Gasteiger charge is 2.26. The van der Waals surface area contributed by atoms with Gasteiger partial charge in [0.25, 0.3) is 0 Å². The summed E-state index contributed by atoms with van der Waals surface area (Å²) in [6, 6.07) is 13.7. The molecule has 2 heterocycles. The number of urea groups is 1. The van der Waals surface area contributed by atoms with Crippen molar-refractivity contribution in [2.45, 2.75) is 31.2 Å². The van der Waals surface area contributed by atoms with Gasteiger partial charge < -0.3 is 24.6 Å². The van der Waals surface area contributed by atoms with E-state index in [1.54, 1.807) is 31.4 Å². The van der Waals surface area contributed by atoms with Crippen LogP contribution in [0.25, 0.3) is 0 Å². The van der Waals surface area contributed by atoms with E-state index in [1.165, 1.54) is 0 Å². The number of ether oxygens (including phenoxy) is 2. The molecule has 1 unspecified atom stereocenters. The third-order valence-corrected chi connectivity index (χ3v) is 5.60. The Morgan fingerprint density at radius 2 is 1.88 bits per heavy atom. The van der Waals surface area contributed by atoms with Gasteiger partial charge in [0.1, 0.15) is 5.75 Å². The number of amides is 2. The first kappa shape index (κ1) is 22.1. The summed E-state index contributed by atoms with van der Waals surface area (Å²) in [5, 5.41) is 10.6. The second-order valence-electron chi connectivity index (χ2n) is 7.59. The fourth-order valence-electron chi connectivity index (χ4n) is 3.56. The van der Waals surface area contributed by atoms with Crippen LogP contribution in [0.2, 0.25) is 5.02 Å². The zero-order chi connectivity index (χ0) is 22.3. The Kier molecular flexibility index (Phi) is 7.24. The van der Waals surface area contributed by atoms with E-state index in [9.17, 15) is 4.79 Å². The lowest BCUT2D eigenvalue weighted by Crippen LogP contribution is -2.34. The second-order valence-corrected chi connectivity index (χ2v) is 8.02. The molecule has 1 saturated heterocycles. The second kappa shape index (κ2) is 10.5. The van der Waals surface area contributed by atoms with E-state index in [0.717, 1.165) is 24.2 Å². The maximum atomic E-state index is 12.7. The summed E-state index contributed by atoms with van der Waals surface area (Å²) in [5.41, 5.74) is 1.63. The molecule has 8 nitrogen and oxygen atoms in total. The number of carbonyl (C=O) groups excluding carboxylic acids is 1. The molecule has 0 spiro atoms. The van der Waals surface area contributed by atoms with Gasteiger partial charge >= 0.3 is 6.03 Å². The zero-order valence-electron chi connectivity index (χ0n) is 17.7. The number of nitrogens with zero attached hydrogens (tertiary/aromatic N) is 2. The van der Waals surface area contributed by atoms with E-state index in [1.807, 2.05) is 24.3 Å². The van der Waals surface area contributed by atoms with Gasteiger partial charge in [-0.1, -0.05) is 28.9 Å². The number of methoxy groups -OCH3 is 1. The van der Waals surface area contributed by atoms with Gasteiger partial charge in [-0.15, -0.1) is 0 Å². The number of hydrogen-bond donors (Lipinski definition) is 2. The van der Waals surface area contributed by atoms with Crippen LogP contribution in [-0.2, 0) is 11.2 Å². The Morgan fingerprint density at radius 3 is 2.56 bits per heavy atom. The van der Waals surface area contributed by atoms with E-state index in [2.05, 4.69) is 20.8 Å². The number of rotatable bonds is 7. The third-order valence-electron chi connectivity index (χ3n) is 5.35. The van der Waals surface area contributed by atoms with E-state index >= 15 is 0 Å². The summed E-state index contributed by atoms with van der Waals surface area (Å²) >= 11 is 5.92. The quantitative estimate of drug-likeness (QED) is 0.533. The molecule has 3 aromatic rings. The predicted octanol–water partition coefficient (Wildman–Crippen LogP) is 4.73. The maximum Gasteiger partial charge on any atom is 0.319 e. The molecule has 168 valence electrons. The van der Waals surface area contributed by atoms with Crippen LogP contribution in [0, 0.1) is 0 Å². The summed E-state index contributed by atoms with van der Waals surface area (Å²) < 4.78 is 16.2. The molecular formula is C23H25ClN4O4. The van der Waals surface area contributed by atoms with Crippen molar-refractivity contribution in [2.75, 3.05) is 25.6 Å². The van der Waals surface area contributed by atoms with Crippen LogP contribution >= 0.6 is 11.6 Å². The lowest BCUT2D eigenvalue weighted by atomic mass is 10.0. The lowest BCUT2D eigenvalue weighted by Gasteiger charge is -2.18. The van der Waals surface area contributed by atoms with E-state index < -0.39 is 6.04 Å². The number of aromatic nitrogens is 2. The molecule has 1 aromatic heterocycles. The molecule has 1 aliphatic rings. The first-order valence-electron chi connectivity index (χ1n) is 10.5. The minimum atomic E-state index is -0.479. The first-order chi connectivity index (χ1) is 15.6. The van der Waals surface area contributed by atoms with Gasteiger partial charge in [0.05, 0.1) is 13.2 Å². The van der Waals surface area contributed by atoms with Crippen molar-refractivity contribution in [3.8, 4) is 5.75 Å². The Hall–Kier alpha value is -3.10. The van der Waals surface area contributed by atoms with Crippen molar-refractivity contribution in [3.05, 3.63) is 70.8 Å². The molecule has 1 fully saturated rings. The molecule has 2 N–H and O–H groups in total. The summed E-state index contributed by atoms with van der Waals surface area (Å²) in [7, 11) is 1.62.